The van der Waals surface area contributed by atoms with Crippen LogP contribution in [0.1, 0.15) is 36.8 Å². The molecular weight excluding hydrogens is 372 g/mol. The molecule has 2 atom stereocenters. The molecule has 0 aromatic heterocycles. The highest BCUT2D eigenvalue weighted by Crippen LogP contribution is 2.29. The SMILES string of the molecule is CC(C(=O)O)c1ccc(N)c(O)c1.CC(C(=O)O)c1ccc([N+](=O)[O-])c(O)c1. The fourth-order valence-electron chi connectivity index (χ4n) is 2.08. The average Bonchev–Trinajstić information content (AvgIpc) is 2.62. The van der Waals surface area contributed by atoms with Crippen molar-refractivity contribution in [2.75, 3.05) is 5.73 Å². The Bertz CT molecular complexity index is 897. The maximum absolute atomic E-state index is 10.6. The minimum Gasteiger partial charge on any atom is -0.506 e. The second kappa shape index (κ2) is 9.21. The molecule has 2 rings (SSSR count). The summed E-state index contributed by atoms with van der Waals surface area (Å²) in [6.45, 7) is 2.98. The number of carboxylic acids is 2. The van der Waals surface area contributed by atoms with Gasteiger partial charge in [-0.3, -0.25) is 19.7 Å². The van der Waals surface area contributed by atoms with Gasteiger partial charge in [0, 0.05) is 6.07 Å². The molecule has 10 nitrogen and oxygen atoms in total. The first-order valence-electron chi connectivity index (χ1n) is 7.97. The van der Waals surface area contributed by atoms with E-state index in [1.807, 2.05) is 0 Å². The Balaban J connectivity index is 0.000000283. The van der Waals surface area contributed by atoms with Crippen molar-refractivity contribution in [1.29, 1.82) is 0 Å². The number of nitrogens with zero attached hydrogens (tertiary/aromatic N) is 1. The third-order valence-electron chi connectivity index (χ3n) is 3.99. The number of phenols is 2. The number of phenolic OH excluding ortho intramolecular Hbond substituents is 2. The van der Waals surface area contributed by atoms with E-state index in [4.69, 9.17) is 15.9 Å². The first kappa shape index (κ1) is 22.2. The molecule has 0 saturated carbocycles. The smallest absolute Gasteiger partial charge is 0.310 e. The summed E-state index contributed by atoms with van der Waals surface area (Å²) >= 11 is 0. The molecule has 2 aromatic rings. The molecule has 0 aliphatic rings. The fourth-order valence-corrected chi connectivity index (χ4v) is 2.08. The Hall–Kier alpha value is -3.82. The molecule has 0 aliphatic carbocycles. The van der Waals surface area contributed by atoms with Crippen LogP contribution in [0.25, 0.3) is 0 Å². The van der Waals surface area contributed by atoms with Gasteiger partial charge < -0.3 is 26.2 Å². The van der Waals surface area contributed by atoms with E-state index in [1.54, 1.807) is 13.0 Å². The first-order chi connectivity index (χ1) is 13.0. The van der Waals surface area contributed by atoms with E-state index >= 15 is 0 Å². The molecule has 0 aliphatic heterocycles. The maximum atomic E-state index is 10.6. The second-order valence-electron chi connectivity index (χ2n) is 5.94. The Morgan fingerprint density at radius 3 is 1.71 bits per heavy atom. The lowest BCUT2D eigenvalue weighted by Gasteiger charge is -2.07. The van der Waals surface area contributed by atoms with Gasteiger partial charge in [-0.25, -0.2) is 0 Å². The van der Waals surface area contributed by atoms with Gasteiger partial charge in [-0.1, -0.05) is 12.1 Å². The molecule has 10 heteroatoms. The summed E-state index contributed by atoms with van der Waals surface area (Å²) in [5.41, 5.74) is 6.05. The minimum atomic E-state index is -1.05. The number of hydrogen-bond donors (Lipinski definition) is 5. The molecule has 2 aromatic carbocycles. The Kier molecular flexibility index (Phi) is 7.31. The van der Waals surface area contributed by atoms with Crippen LogP contribution in [0.3, 0.4) is 0 Å². The number of aromatic hydroxyl groups is 2. The normalized spacial score (nSPS) is 12.2. The van der Waals surface area contributed by atoms with E-state index in [1.165, 1.54) is 25.1 Å². The number of aliphatic carboxylic acids is 2. The standard InChI is InChI=1S/C9H9NO5.C9H11NO3/c1-5(9(12)13)6-2-3-7(10(14)15)8(11)4-6;1-5(9(12)13)6-2-3-7(10)8(11)4-6/h2-5,11H,1H3,(H,12,13);2-5,11H,10H2,1H3,(H,12,13). The highest BCUT2D eigenvalue weighted by molar-refractivity contribution is 5.76. The number of nitro benzene ring substituents is 1. The predicted molar refractivity (Wildman–Crippen MR) is 99.4 cm³/mol. The van der Waals surface area contributed by atoms with Gasteiger partial charge in [0.05, 0.1) is 22.4 Å². The van der Waals surface area contributed by atoms with Crippen LogP contribution in [0.4, 0.5) is 11.4 Å². The number of rotatable bonds is 5. The largest absolute Gasteiger partial charge is 0.506 e. The van der Waals surface area contributed by atoms with Gasteiger partial charge in [0.25, 0.3) is 0 Å². The Morgan fingerprint density at radius 1 is 0.929 bits per heavy atom. The van der Waals surface area contributed by atoms with Crippen molar-refractivity contribution in [3.05, 3.63) is 57.6 Å². The molecule has 28 heavy (non-hydrogen) atoms. The minimum absolute atomic E-state index is 0.0781. The molecule has 0 heterocycles. The molecule has 2 unspecified atom stereocenters. The zero-order chi connectivity index (χ0) is 21.6. The van der Waals surface area contributed by atoms with Gasteiger partial charge in [-0.05, 0) is 43.2 Å². The van der Waals surface area contributed by atoms with Crippen LogP contribution in [0.5, 0.6) is 11.5 Å². The van der Waals surface area contributed by atoms with E-state index in [0.29, 0.717) is 11.1 Å². The highest BCUT2D eigenvalue weighted by Gasteiger charge is 2.19. The average molecular weight is 392 g/mol. The summed E-state index contributed by atoms with van der Waals surface area (Å²) in [7, 11) is 0. The second-order valence-corrected chi connectivity index (χ2v) is 5.94. The lowest BCUT2D eigenvalue weighted by molar-refractivity contribution is -0.385. The molecule has 0 radical (unpaired) electrons. The topological polar surface area (TPSA) is 184 Å². The van der Waals surface area contributed by atoms with Crippen molar-refractivity contribution in [2.45, 2.75) is 25.7 Å². The Morgan fingerprint density at radius 2 is 1.36 bits per heavy atom. The number of benzene rings is 2. The van der Waals surface area contributed by atoms with E-state index in [-0.39, 0.29) is 11.4 Å². The Labute approximate surface area is 159 Å². The number of carbonyl (C=O) groups is 2. The van der Waals surface area contributed by atoms with Gasteiger partial charge in [0.15, 0.2) is 5.75 Å². The van der Waals surface area contributed by atoms with Crippen molar-refractivity contribution in [1.82, 2.24) is 0 Å². The van der Waals surface area contributed by atoms with E-state index in [0.717, 1.165) is 12.1 Å². The zero-order valence-electron chi connectivity index (χ0n) is 15.1. The summed E-state index contributed by atoms with van der Waals surface area (Å²) in [4.78, 5) is 30.8. The molecule has 150 valence electrons. The number of nitrogens with two attached hydrogens (primary N) is 1. The third kappa shape index (κ3) is 5.59. The van der Waals surface area contributed by atoms with Gasteiger partial charge >= 0.3 is 17.6 Å². The quantitative estimate of drug-likeness (QED) is 0.221. The van der Waals surface area contributed by atoms with Crippen molar-refractivity contribution in [3.63, 3.8) is 0 Å². The molecule has 0 bridgehead atoms. The third-order valence-corrected chi connectivity index (χ3v) is 3.99. The maximum Gasteiger partial charge on any atom is 0.310 e. The summed E-state index contributed by atoms with van der Waals surface area (Å²) in [5, 5.41) is 46.2. The van der Waals surface area contributed by atoms with Crippen molar-refractivity contribution in [3.8, 4) is 11.5 Å². The zero-order valence-corrected chi connectivity index (χ0v) is 15.1. The van der Waals surface area contributed by atoms with Crippen LogP contribution in [-0.4, -0.2) is 37.3 Å². The number of anilines is 1. The van der Waals surface area contributed by atoms with E-state index in [9.17, 15) is 29.9 Å². The monoisotopic (exact) mass is 392 g/mol. The molecule has 0 fully saturated rings. The van der Waals surface area contributed by atoms with Crippen LogP contribution in [0.15, 0.2) is 36.4 Å². The molecule has 0 amide bonds. The number of carboxylic acid groups (broad SMARTS) is 2. The van der Waals surface area contributed by atoms with Crippen LogP contribution in [-0.2, 0) is 9.59 Å². The summed E-state index contributed by atoms with van der Waals surface area (Å²) in [5.74, 6) is -4.02. The van der Waals surface area contributed by atoms with Crippen molar-refractivity contribution < 1.29 is 34.9 Å². The molecule has 0 spiro atoms. The van der Waals surface area contributed by atoms with Gasteiger partial charge in [0.2, 0.25) is 0 Å². The number of nitrogen functional groups attached to an aromatic ring is 1. The predicted octanol–water partition coefficient (Wildman–Crippen LogP) is 2.65. The number of hydrogen-bond acceptors (Lipinski definition) is 7. The summed E-state index contributed by atoms with van der Waals surface area (Å²) < 4.78 is 0. The lowest BCUT2D eigenvalue weighted by atomic mass is 10.0. The van der Waals surface area contributed by atoms with Gasteiger partial charge in [0.1, 0.15) is 5.75 Å². The van der Waals surface area contributed by atoms with Gasteiger partial charge in [-0.2, -0.15) is 0 Å². The molecule has 0 saturated heterocycles. The van der Waals surface area contributed by atoms with Crippen LogP contribution in [0.2, 0.25) is 0 Å². The lowest BCUT2D eigenvalue weighted by Crippen LogP contribution is -2.07. The summed E-state index contributed by atoms with van der Waals surface area (Å²) in [6.07, 6.45) is 0. The van der Waals surface area contributed by atoms with Crippen molar-refractivity contribution >= 4 is 23.3 Å². The summed E-state index contributed by atoms with van der Waals surface area (Å²) in [6, 6.07) is 7.95. The first-order valence-corrected chi connectivity index (χ1v) is 7.97. The fraction of sp³-hybridized carbons (Fsp3) is 0.222. The molecular formula is C18H20N2O8. The molecule has 6 N–H and O–H groups in total. The highest BCUT2D eigenvalue weighted by atomic mass is 16.6. The number of nitro groups is 1. The van der Waals surface area contributed by atoms with Crippen molar-refractivity contribution in [2.24, 2.45) is 0 Å². The van der Waals surface area contributed by atoms with E-state index in [2.05, 4.69) is 0 Å². The van der Waals surface area contributed by atoms with Crippen LogP contribution < -0.4 is 5.73 Å². The van der Waals surface area contributed by atoms with E-state index < -0.39 is 40.1 Å². The van der Waals surface area contributed by atoms with Crippen LogP contribution >= 0.6 is 0 Å². The van der Waals surface area contributed by atoms with Crippen LogP contribution in [0, 0.1) is 10.1 Å². The van der Waals surface area contributed by atoms with Gasteiger partial charge in [-0.15, -0.1) is 0 Å².